The molecule has 2 saturated heterocycles. The van der Waals surface area contributed by atoms with Crippen LogP contribution in [-0.4, -0.2) is 59.7 Å². The van der Waals surface area contributed by atoms with E-state index in [9.17, 15) is 28.8 Å². The van der Waals surface area contributed by atoms with E-state index >= 15 is 0 Å². The first kappa shape index (κ1) is 32.9. The fraction of sp³-hybridized carbons (Fsp3) is 0.656. The minimum Gasteiger partial charge on any atom is -0.356 e. The molecule has 234 valence electrons. The zero-order valence-electron chi connectivity index (χ0n) is 25.8. The summed E-state index contributed by atoms with van der Waals surface area (Å²) < 4.78 is 14.6. The number of piperidine rings is 1. The highest BCUT2D eigenvalue weighted by atomic mass is 79.9. The molecule has 43 heavy (non-hydrogen) atoms. The second-order valence-electron chi connectivity index (χ2n) is 14.1. The van der Waals surface area contributed by atoms with Crippen molar-refractivity contribution in [3.8, 4) is 6.07 Å². The van der Waals surface area contributed by atoms with Crippen molar-refractivity contribution in [1.82, 2.24) is 20.9 Å². The first-order valence-corrected chi connectivity index (χ1v) is 15.8. The summed E-state index contributed by atoms with van der Waals surface area (Å²) in [4.78, 5) is 54.9. The van der Waals surface area contributed by atoms with Crippen molar-refractivity contribution in [2.45, 2.75) is 78.9 Å². The summed E-state index contributed by atoms with van der Waals surface area (Å²) in [5.74, 6) is -2.50. The summed E-state index contributed by atoms with van der Waals surface area (Å²) in [6.07, 6.45) is 4.27. The monoisotopic (exact) mass is 659 g/mol. The molecule has 3 N–H and O–H groups in total. The number of amides is 4. The Balaban J connectivity index is 1.49. The number of allylic oxidation sites excluding steroid dienone is 5. The molecule has 4 fully saturated rings. The Kier molecular flexibility index (Phi) is 9.32. The average Bonchev–Trinajstić information content (AvgIpc) is 3.67. The molecule has 0 bridgehead atoms. The Morgan fingerprint density at radius 1 is 1.26 bits per heavy atom. The number of rotatable bonds is 10. The molecule has 2 heterocycles. The van der Waals surface area contributed by atoms with Gasteiger partial charge >= 0.3 is 0 Å². The Labute approximate surface area is 261 Å². The van der Waals surface area contributed by atoms with E-state index in [1.54, 1.807) is 17.9 Å². The third-order valence-corrected chi connectivity index (χ3v) is 10.1. The molecule has 4 aliphatic rings. The third kappa shape index (κ3) is 6.74. The standard InChI is InChI=1S/C32H43BrFN5O4/c1-8-17(12-23(34)16(2)33)20-13-21(20)28(41)38-26(31(3,4)5)30(43)39-15-22-24(32(22,6)7)25(39)29(42)37-19(14-35)11-18-9-10-36-27(18)40/h8,12,18-22,24-26H,1,9-11,13,15H2,2-7H3,(H,36,40)(H,37,42)(H,38,41)/b17-12+,23-16-/t18-,19-,20+,21-,22-,24-,25-,26+/m0/s1. The van der Waals surface area contributed by atoms with Crippen LogP contribution in [0.3, 0.4) is 0 Å². The van der Waals surface area contributed by atoms with E-state index in [2.05, 4.69) is 58.4 Å². The van der Waals surface area contributed by atoms with Gasteiger partial charge in [0, 0.05) is 29.4 Å². The highest BCUT2D eigenvalue weighted by molar-refractivity contribution is 9.11. The number of nitrogens with one attached hydrogen (secondary N) is 3. The van der Waals surface area contributed by atoms with Crippen LogP contribution in [0.15, 0.2) is 34.6 Å². The lowest BCUT2D eigenvalue weighted by Crippen LogP contribution is -2.60. The average molecular weight is 661 g/mol. The fourth-order valence-electron chi connectivity index (χ4n) is 6.85. The molecular formula is C32H43BrFN5O4. The zero-order chi connectivity index (χ0) is 32.0. The van der Waals surface area contributed by atoms with E-state index in [1.807, 2.05) is 20.8 Å². The Morgan fingerprint density at radius 2 is 1.93 bits per heavy atom. The van der Waals surface area contributed by atoms with Gasteiger partial charge < -0.3 is 20.9 Å². The first-order chi connectivity index (χ1) is 20.0. The van der Waals surface area contributed by atoms with Gasteiger partial charge in [-0.05, 0) is 66.4 Å². The van der Waals surface area contributed by atoms with Gasteiger partial charge in [-0.25, -0.2) is 4.39 Å². The number of carbonyl (C=O) groups excluding carboxylic acids is 4. The molecule has 0 unspecified atom stereocenters. The van der Waals surface area contributed by atoms with E-state index in [1.165, 1.54) is 6.08 Å². The van der Waals surface area contributed by atoms with Crippen LogP contribution in [0.2, 0.25) is 0 Å². The van der Waals surface area contributed by atoms with Gasteiger partial charge in [0.05, 0.1) is 6.07 Å². The van der Waals surface area contributed by atoms with Gasteiger partial charge in [-0.1, -0.05) is 63.2 Å². The molecule has 0 aromatic heterocycles. The predicted molar refractivity (Wildman–Crippen MR) is 164 cm³/mol. The van der Waals surface area contributed by atoms with Gasteiger partial charge in [-0.2, -0.15) is 5.26 Å². The van der Waals surface area contributed by atoms with Gasteiger partial charge in [0.25, 0.3) is 0 Å². The van der Waals surface area contributed by atoms with Crippen LogP contribution in [0.25, 0.3) is 0 Å². The summed E-state index contributed by atoms with van der Waals surface area (Å²) in [5, 5.41) is 18.3. The van der Waals surface area contributed by atoms with Crippen LogP contribution in [0.1, 0.15) is 60.8 Å². The topological polar surface area (TPSA) is 131 Å². The van der Waals surface area contributed by atoms with E-state index in [0.29, 0.717) is 36.0 Å². The number of likely N-dealkylation sites (tertiary alicyclic amines) is 1. The molecule has 4 amide bonds. The summed E-state index contributed by atoms with van der Waals surface area (Å²) in [7, 11) is 0. The van der Waals surface area contributed by atoms with Crippen molar-refractivity contribution in [2.75, 3.05) is 13.1 Å². The molecule has 0 spiro atoms. The number of fused-ring (bicyclic) bond motifs is 1. The van der Waals surface area contributed by atoms with Gasteiger partial charge in [0.2, 0.25) is 23.6 Å². The first-order valence-electron chi connectivity index (χ1n) is 15.0. The maximum absolute atomic E-state index is 14.2. The molecule has 0 aromatic carbocycles. The minimum atomic E-state index is -0.899. The molecule has 2 aliphatic carbocycles. The molecule has 8 atom stereocenters. The zero-order valence-corrected chi connectivity index (χ0v) is 27.4. The number of hydrogen-bond acceptors (Lipinski definition) is 5. The van der Waals surface area contributed by atoms with Crippen LogP contribution in [0.4, 0.5) is 4.39 Å². The van der Waals surface area contributed by atoms with Crippen LogP contribution in [-0.2, 0) is 19.2 Å². The normalized spacial score (nSPS) is 31.1. The maximum Gasteiger partial charge on any atom is 0.246 e. The molecule has 0 aromatic rings. The highest BCUT2D eigenvalue weighted by Gasteiger charge is 2.70. The van der Waals surface area contributed by atoms with E-state index in [-0.39, 0.29) is 53.2 Å². The van der Waals surface area contributed by atoms with Gasteiger partial charge in [0.15, 0.2) is 0 Å². The number of nitrogens with zero attached hydrogens (tertiary/aromatic N) is 2. The SMILES string of the molecule is C=C/C(=C\C(F)=C(/C)Br)[C@H]1C[C@@H]1C(=O)N[C@H](C(=O)N1C[C@H]2[C@@H]([C@H]1C(=O)N[C@H](C#N)C[C@@H]1CCNC1=O)C2(C)C)C(C)(C)C. The van der Waals surface area contributed by atoms with Crippen molar-refractivity contribution in [2.24, 2.45) is 40.4 Å². The van der Waals surface area contributed by atoms with Crippen LogP contribution in [0, 0.1) is 51.8 Å². The lowest BCUT2D eigenvalue weighted by atomic mass is 9.85. The van der Waals surface area contributed by atoms with Crippen molar-refractivity contribution in [3.63, 3.8) is 0 Å². The lowest BCUT2D eigenvalue weighted by Gasteiger charge is -2.38. The predicted octanol–water partition coefficient (Wildman–Crippen LogP) is 3.88. The highest BCUT2D eigenvalue weighted by Crippen LogP contribution is 2.65. The van der Waals surface area contributed by atoms with E-state index in [0.717, 1.165) is 0 Å². The summed E-state index contributed by atoms with van der Waals surface area (Å²) in [6.45, 7) is 16.0. The minimum absolute atomic E-state index is 0.0733. The largest absolute Gasteiger partial charge is 0.356 e. The van der Waals surface area contributed by atoms with Gasteiger partial charge in [-0.3, -0.25) is 19.2 Å². The molecule has 2 aliphatic heterocycles. The second-order valence-corrected chi connectivity index (χ2v) is 15.3. The molecule has 4 rings (SSSR count). The summed E-state index contributed by atoms with van der Waals surface area (Å²) >= 11 is 3.13. The van der Waals surface area contributed by atoms with Crippen molar-refractivity contribution < 1.29 is 23.6 Å². The molecule has 0 radical (unpaired) electrons. The van der Waals surface area contributed by atoms with E-state index < -0.39 is 41.2 Å². The third-order valence-electron chi connectivity index (χ3n) is 9.73. The second kappa shape index (κ2) is 12.2. The molecule has 11 heteroatoms. The smallest absolute Gasteiger partial charge is 0.246 e. The Hall–Kier alpha value is -3.00. The molecule has 2 saturated carbocycles. The van der Waals surface area contributed by atoms with Crippen molar-refractivity contribution in [1.29, 1.82) is 5.26 Å². The van der Waals surface area contributed by atoms with Crippen LogP contribution >= 0.6 is 15.9 Å². The number of halogens is 2. The number of carbonyl (C=O) groups is 4. The van der Waals surface area contributed by atoms with Crippen LogP contribution < -0.4 is 16.0 Å². The fourth-order valence-corrected chi connectivity index (χ4v) is 6.96. The maximum atomic E-state index is 14.2. The summed E-state index contributed by atoms with van der Waals surface area (Å²) in [6, 6.07) is -0.428. The quantitative estimate of drug-likeness (QED) is 0.306. The molecule has 9 nitrogen and oxygen atoms in total. The lowest BCUT2D eigenvalue weighted by molar-refractivity contribution is -0.145. The van der Waals surface area contributed by atoms with Gasteiger partial charge in [0.1, 0.15) is 24.0 Å². The Morgan fingerprint density at radius 3 is 2.47 bits per heavy atom. The number of nitriles is 1. The summed E-state index contributed by atoms with van der Waals surface area (Å²) in [5.41, 5.74) is -0.181. The van der Waals surface area contributed by atoms with E-state index in [4.69, 9.17) is 0 Å². The van der Waals surface area contributed by atoms with Gasteiger partial charge in [-0.15, -0.1) is 0 Å². The Bertz CT molecular complexity index is 1310. The molecular weight excluding hydrogens is 617 g/mol. The van der Waals surface area contributed by atoms with Crippen molar-refractivity contribution in [3.05, 3.63) is 34.6 Å². The number of hydrogen-bond donors (Lipinski definition) is 3. The van der Waals surface area contributed by atoms with Crippen LogP contribution in [0.5, 0.6) is 0 Å². The van der Waals surface area contributed by atoms with Crippen molar-refractivity contribution >= 4 is 39.6 Å².